The molecule has 4 nitrogen and oxygen atoms in total. The van der Waals surface area contributed by atoms with Crippen LogP contribution in [0.2, 0.25) is 5.02 Å². The number of aliphatic imine (C=N–C) groups is 1. The lowest BCUT2D eigenvalue weighted by atomic mass is 10.2. The van der Waals surface area contributed by atoms with Gasteiger partial charge >= 0.3 is 0 Å². The fraction of sp³-hybridized carbons (Fsp3) is 0. The largest absolute Gasteiger partial charge is 0.298 e. The van der Waals surface area contributed by atoms with Crippen LogP contribution in [0.5, 0.6) is 0 Å². The molecule has 0 aliphatic heterocycles. The third-order valence-electron chi connectivity index (χ3n) is 1.98. The van der Waals surface area contributed by atoms with Gasteiger partial charge in [-0.1, -0.05) is 11.6 Å². The molecular formula is C11H6ClN3OS2. The zero-order valence-corrected chi connectivity index (χ0v) is 11.3. The fourth-order valence-electron chi connectivity index (χ4n) is 1.19. The highest BCUT2D eigenvalue weighted by Crippen LogP contribution is 2.21. The summed E-state index contributed by atoms with van der Waals surface area (Å²) in [5.74, 6) is 0.181. The Morgan fingerprint density at radius 1 is 1.44 bits per heavy atom. The van der Waals surface area contributed by atoms with E-state index in [0.29, 0.717) is 21.5 Å². The van der Waals surface area contributed by atoms with E-state index in [2.05, 4.69) is 32.7 Å². The van der Waals surface area contributed by atoms with Crippen molar-refractivity contribution in [3.8, 4) is 0 Å². The van der Waals surface area contributed by atoms with Crippen LogP contribution in [-0.2, 0) is 0 Å². The molecule has 0 bridgehead atoms. The average molecular weight is 296 g/mol. The number of benzene rings is 1. The van der Waals surface area contributed by atoms with Crippen LogP contribution in [0.4, 0.5) is 10.9 Å². The first-order chi connectivity index (χ1) is 8.69. The van der Waals surface area contributed by atoms with Gasteiger partial charge in [0.2, 0.25) is 0 Å². The van der Waals surface area contributed by atoms with Crippen LogP contribution in [0.3, 0.4) is 0 Å². The van der Waals surface area contributed by atoms with Crippen molar-refractivity contribution in [3.05, 3.63) is 40.2 Å². The molecule has 1 N–H and O–H groups in total. The van der Waals surface area contributed by atoms with Crippen LogP contribution in [-0.4, -0.2) is 16.1 Å². The number of anilines is 1. The number of thiocarbonyl (C=S) groups is 1. The first kappa shape index (κ1) is 12.9. The summed E-state index contributed by atoms with van der Waals surface area (Å²) in [6.07, 6.45) is 0. The van der Waals surface area contributed by atoms with Crippen LogP contribution in [0.25, 0.3) is 0 Å². The van der Waals surface area contributed by atoms with Gasteiger partial charge in [0.25, 0.3) is 5.91 Å². The van der Waals surface area contributed by atoms with Crippen molar-refractivity contribution in [1.82, 2.24) is 4.98 Å². The van der Waals surface area contributed by atoms with Gasteiger partial charge in [-0.2, -0.15) is 9.98 Å². The standard InChI is InChI=1S/C11H6ClN3OS2/c12-8-3-1-7(2-4-8)10(16)15-11-14-9(5-18-11)13-6-17/h1-5H,(H,14,15,16). The number of carbonyl (C=O) groups is 1. The average Bonchev–Trinajstić information content (AvgIpc) is 2.78. The Morgan fingerprint density at radius 2 is 2.17 bits per heavy atom. The maximum absolute atomic E-state index is 11.8. The summed E-state index contributed by atoms with van der Waals surface area (Å²) >= 11 is 11.5. The van der Waals surface area contributed by atoms with Crippen molar-refractivity contribution in [2.24, 2.45) is 4.99 Å². The number of amides is 1. The highest BCUT2D eigenvalue weighted by Gasteiger charge is 2.08. The van der Waals surface area contributed by atoms with Crippen molar-refractivity contribution < 1.29 is 4.79 Å². The van der Waals surface area contributed by atoms with E-state index >= 15 is 0 Å². The Balaban J connectivity index is 2.10. The second-order valence-corrected chi connectivity index (χ2v) is 4.65. The predicted octanol–water partition coefficient (Wildman–Crippen LogP) is 3.78. The first-order valence-corrected chi connectivity index (χ1v) is 6.46. The summed E-state index contributed by atoms with van der Waals surface area (Å²) in [7, 11) is 0. The first-order valence-electron chi connectivity index (χ1n) is 4.79. The van der Waals surface area contributed by atoms with Gasteiger partial charge in [0.05, 0.1) is 5.16 Å². The van der Waals surface area contributed by atoms with E-state index in [1.165, 1.54) is 11.3 Å². The minimum absolute atomic E-state index is 0.251. The molecule has 7 heteroatoms. The molecule has 0 unspecified atom stereocenters. The van der Waals surface area contributed by atoms with Gasteiger partial charge in [0.15, 0.2) is 10.9 Å². The van der Waals surface area contributed by atoms with Crippen LogP contribution in [0.1, 0.15) is 10.4 Å². The summed E-state index contributed by atoms with van der Waals surface area (Å²) in [6, 6.07) is 6.59. The van der Waals surface area contributed by atoms with Crippen LogP contribution < -0.4 is 5.32 Å². The van der Waals surface area contributed by atoms with Gasteiger partial charge in [-0.25, -0.2) is 0 Å². The Bertz CT molecular complexity index is 617. The molecule has 0 aliphatic carbocycles. The number of rotatable bonds is 3. The summed E-state index contributed by atoms with van der Waals surface area (Å²) in [4.78, 5) is 19.6. The van der Waals surface area contributed by atoms with Crippen LogP contribution in [0.15, 0.2) is 34.6 Å². The molecule has 90 valence electrons. The van der Waals surface area contributed by atoms with Crippen molar-refractivity contribution in [3.63, 3.8) is 0 Å². The maximum atomic E-state index is 11.8. The molecule has 0 radical (unpaired) electrons. The zero-order chi connectivity index (χ0) is 13.0. The number of thiazole rings is 1. The molecular weight excluding hydrogens is 290 g/mol. The lowest BCUT2D eigenvalue weighted by Crippen LogP contribution is -2.11. The van der Waals surface area contributed by atoms with Crippen molar-refractivity contribution in [2.45, 2.75) is 0 Å². The molecule has 2 rings (SSSR count). The van der Waals surface area contributed by atoms with Gasteiger partial charge in [-0.3, -0.25) is 10.1 Å². The Hall–Kier alpha value is -1.59. The minimum Gasteiger partial charge on any atom is -0.298 e. The summed E-state index contributed by atoms with van der Waals surface area (Å²) in [5, 5.41) is 7.59. The topological polar surface area (TPSA) is 54.4 Å². The number of hydrogen-bond acceptors (Lipinski definition) is 5. The monoisotopic (exact) mass is 295 g/mol. The number of nitrogens with one attached hydrogen (secondary N) is 1. The summed E-state index contributed by atoms with van der Waals surface area (Å²) in [5.41, 5.74) is 0.509. The Labute approximate surface area is 117 Å². The molecule has 1 aromatic heterocycles. The third kappa shape index (κ3) is 3.21. The van der Waals surface area contributed by atoms with E-state index in [0.717, 1.165) is 0 Å². The van der Waals surface area contributed by atoms with E-state index in [4.69, 9.17) is 11.6 Å². The Morgan fingerprint density at radius 3 is 2.83 bits per heavy atom. The maximum Gasteiger partial charge on any atom is 0.257 e. The van der Waals surface area contributed by atoms with Crippen LogP contribution >= 0.6 is 35.2 Å². The van der Waals surface area contributed by atoms with Gasteiger partial charge < -0.3 is 0 Å². The SMILES string of the molecule is O=C(Nc1nc(N=C=S)cs1)c1ccc(Cl)cc1. The zero-order valence-electron chi connectivity index (χ0n) is 8.88. The second-order valence-electron chi connectivity index (χ2n) is 3.17. The summed E-state index contributed by atoms with van der Waals surface area (Å²) in [6.45, 7) is 0. The minimum atomic E-state index is -0.251. The van der Waals surface area contributed by atoms with Crippen molar-refractivity contribution in [1.29, 1.82) is 0 Å². The normalized spacial score (nSPS) is 9.61. The van der Waals surface area contributed by atoms with Crippen molar-refractivity contribution >= 4 is 57.2 Å². The van der Waals surface area contributed by atoms with Crippen LogP contribution in [0, 0.1) is 0 Å². The fourth-order valence-corrected chi connectivity index (χ4v) is 2.03. The summed E-state index contributed by atoms with van der Waals surface area (Å²) < 4.78 is 0. The molecule has 0 aliphatic rings. The highest BCUT2D eigenvalue weighted by atomic mass is 35.5. The molecule has 2 aromatic rings. The lowest BCUT2D eigenvalue weighted by Gasteiger charge is -2.01. The molecule has 18 heavy (non-hydrogen) atoms. The number of hydrogen-bond donors (Lipinski definition) is 1. The van der Waals surface area contributed by atoms with E-state index in [1.54, 1.807) is 29.6 Å². The second kappa shape index (κ2) is 5.84. The molecule has 0 atom stereocenters. The number of isothiocyanates is 1. The quantitative estimate of drug-likeness (QED) is 0.692. The molecule has 0 fully saturated rings. The van der Waals surface area contributed by atoms with Gasteiger partial charge in [-0.05, 0) is 36.5 Å². The Kier molecular flexibility index (Phi) is 4.17. The number of aromatic nitrogens is 1. The van der Waals surface area contributed by atoms with E-state index in [-0.39, 0.29) is 5.91 Å². The molecule has 1 heterocycles. The van der Waals surface area contributed by atoms with Gasteiger partial charge in [0, 0.05) is 16.0 Å². The lowest BCUT2D eigenvalue weighted by molar-refractivity contribution is 0.102. The third-order valence-corrected chi connectivity index (χ3v) is 3.07. The van der Waals surface area contributed by atoms with E-state index in [1.807, 2.05) is 0 Å². The molecule has 0 saturated carbocycles. The molecule has 0 saturated heterocycles. The smallest absolute Gasteiger partial charge is 0.257 e. The predicted molar refractivity (Wildman–Crippen MR) is 76.2 cm³/mol. The van der Waals surface area contributed by atoms with Gasteiger partial charge in [-0.15, -0.1) is 11.3 Å². The number of carbonyl (C=O) groups excluding carboxylic acids is 1. The van der Waals surface area contributed by atoms with Crippen molar-refractivity contribution in [2.75, 3.05) is 5.32 Å². The van der Waals surface area contributed by atoms with Gasteiger partial charge in [0.1, 0.15) is 0 Å². The van der Waals surface area contributed by atoms with E-state index < -0.39 is 0 Å². The number of nitrogens with zero attached hydrogens (tertiary/aromatic N) is 2. The molecule has 1 amide bonds. The van der Waals surface area contributed by atoms with E-state index in [9.17, 15) is 4.79 Å². The molecule has 0 spiro atoms. The highest BCUT2D eigenvalue weighted by molar-refractivity contribution is 7.78. The number of halogens is 1. The molecule has 1 aromatic carbocycles.